The van der Waals surface area contributed by atoms with Crippen LogP contribution in [-0.4, -0.2) is 19.5 Å². The molecule has 0 unspecified atom stereocenters. The fourth-order valence-electron chi connectivity index (χ4n) is 1.30. The fraction of sp³-hybridized carbons (Fsp3) is 0.200. The molecule has 0 aliphatic carbocycles. The summed E-state index contributed by atoms with van der Waals surface area (Å²) in [4.78, 5) is 12.2. The summed E-state index contributed by atoms with van der Waals surface area (Å²) in [6, 6.07) is 2.01. The quantitative estimate of drug-likeness (QED) is 0.691. The van der Waals surface area contributed by atoms with E-state index >= 15 is 0 Å². The number of rotatable bonds is 1. The lowest BCUT2D eigenvalue weighted by molar-refractivity contribution is 0.924. The minimum Gasteiger partial charge on any atom is -0.285 e. The van der Waals surface area contributed by atoms with E-state index in [0.29, 0.717) is 11.5 Å². The van der Waals surface area contributed by atoms with Gasteiger partial charge in [0.1, 0.15) is 12.4 Å². The van der Waals surface area contributed by atoms with Crippen molar-refractivity contribution in [3.05, 3.63) is 35.8 Å². The molecule has 2 aromatic rings. The SMILES string of the molecule is Cc1ncn(-c2nccnc2C#N)c1C. The first-order valence-corrected chi connectivity index (χ1v) is 4.46. The van der Waals surface area contributed by atoms with Gasteiger partial charge >= 0.3 is 0 Å². The molecule has 74 valence electrons. The van der Waals surface area contributed by atoms with Crippen LogP contribution in [0.3, 0.4) is 0 Å². The van der Waals surface area contributed by atoms with Gasteiger partial charge in [0.05, 0.1) is 5.69 Å². The van der Waals surface area contributed by atoms with E-state index in [1.54, 1.807) is 17.1 Å². The van der Waals surface area contributed by atoms with E-state index < -0.39 is 0 Å². The molecule has 0 fully saturated rings. The monoisotopic (exact) mass is 199 g/mol. The van der Waals surface area contributed by atoms with E-state index in [9.17, 15) is 0 Å². The van der Waals surface area contributed by atoms with Crippen molar-refractivity contribution in [2.24, 2.45) is 0 Å². The molecule has 5 nitrogen and oxygen atoms in total. The third-order valence-electron chi connectivity index (χ3n) is 2.26. The molecule has 15 heavy (non-hydrogen) atoms. The highest BCUT2D eigenvalue weighted by atomic mass is 15.1. The first kappa shape index (κ1) is 9.34. The summed E-state index contributed by atoms with van der Waals surface area (Å²) < 4.78 is 1.76. The Morgan fingerprint density at radius 2 is 1.93 bits per heavy atom. The molecule has 2 rings (SSSR count). The Kier molecular flexibility index (Phi) is 2.18. The topological polar surface area (TPSA) is 67.4 Å². The molecule has 0 amide bonds. The molecule has 0 saturated heterocycles. The summed E-state index contributed by atoms with van der Waals surface area (Å²) in [5, 5.41) is 8.89. The van der Waals surface area contributed by atoms with Crippen LogP contribution in [0.5, 0.6) is 0 Å². The van der Waals surface area contributed by atoms with Crippen molar-refractivity contribution in [2.45, 2.75) is 13.8 Å². The second kappa shape index (κ2) is 3.50. The smallest absolute Gasteiger partial charge is 0.183 e. The van der Waals surface area contributed by atoms with Gasteiger partial charge in [0, 0.05) is 18.1 Å². The maximum atomic E-state index is 8.89. The number of imidazole rings is 1. The van der Waals surface area contributed by atoms with Gasteiger partial charge in [0.15, 0.2) is 11.5 Å². The van der Waals surface area contributed by atoms with Gasteiger partial charge in [0.25, 0.3) is 0 Å². The summed E-state index contributed by atoms with van der Waals surface area (Å²) in [6.07, 6.45) is 4.71. The van der Waals surface area contributed by atoms with Crippen molar-refractivity contribution in [1.29, 1.82) is 5.26 Å². The number of hydrogen-bond donors (Lipinski definition) is 0. The van der Waals surface area contributed by atoms with Crippen LogP contribution in [0.4, 0.5) is 0 Å². The van der Waals surface area contributed by atoms with E-state index in [1.165, 1.54) is 6.20 Å². The fourth-order valence-corrected chi connectivity index (χ4v) is 1.30. The molecule has 0 radical (unpaired) electrons. The lowest BCUT2D eigenvalue weighted by Gasteiger charge is -2.04. The van der Waals surface area contributed by atoms with Crippen LogP contribution in [0.1, 0.15) is 17.1 Å². The normalized spacial score (nSPS) is 9.93. The Morgan fingerprint density at radius 1 is 1.20 bits per heavy atom. The van der Waals surface area contributed by atoms with Gasteiger partial charge in [-0.3, -0.25) is 4.57 Å². The largest absolute Gasteiger partial charge is 0.285 e. The maximum absolute atomic E-state index is 8.89. The standard InChI is InChI=1S/C10H9N5/c1-7-8(2)15(6-14-7)10-9(5-11)12-3-4-13-10/h3-4,6H,1-2H3. The molecule has 0 N–H and O–H groups in total. The molecular weight excluding hydrogens is 190 g/mol. The van der Waals surface area contributed by atoms with Crippen molar-refractivity contribution in [1.82, 2.24) is 19.5 Å². The first-order chi connectivity index (χ1) is 7.24. The van der Waals surface area contributed by atoms with Gasteiger partial charge < -0.3 is 0 Å². The second-order valence-electron chi connectivity index (χ2n) is 3.13. The third kappa shape index (κ3) is 1.46. The predicted molar refractivity (Wildman–Crippen MR) is 53.3 cm³/mol. The van der Waals surface area contributed by atoms with Crippen LogP contribution in [0.15, 0.2) is 18.7 Å². The van der Waals surface area contributed by atoms with Crippen molar-refractivity contribution >= 4 is 0 Å². The summed E-state index contributed by atoms with van der Waals surface area (Å²) in [6.45, 7) is 3.84. The zero-order chi connectivity index (χ0) is 10.8. The Balaban J connectivity index is 2.65. The Labute approximate surface area is 87.1 Å². The molecule has 0 aliphatic rings. The van der Waals surface area contributed by atoms with E-state index in [4.69, 9.17) is 5.26 Å². The highest BCUT2D eigenvalue weighted by Crippen LogP contribution is 2.12. The van der Waals surface area contributed by atoms with Crippen LogP contribution in [-0.2, 0) is 0 Å². The molecule has 0 saturated carbocycles. The minimum atomic E-state index is 0.304. The van der Waals surface area contributed by atoms with Crippen molar-refractivity contribution in [3.8, 4) is 11.9 Å². The van der Waals surface area contributed by atoms with Gasteiger partial charge in [-0.15, -0.1) is 0 Å². The number of aromatic nitrogens is 4. The molecule has 2 aromatic heterocycles. The van der Waals surface area contributed by atoms with Crippen LogP contribution < -0.4 is 0 Å². The van der Waals surface area contributed by atoms with Crippen LogP contribution in [0, 0.1) is 25.2 Å². The highest BCUT2D eigenvalue weighted by molar-refractivity contribution is 5.39. The van der Waals surface area contributed by atoms with E-state index in [1.807, 2.05) is 19.9 Å². The molecule has 2 heterocycles. The average Bonchev–Trinajstić information content (AvgIpc) is 2.60. The zero-order valence-electron chi connectivity index (χ0n) is 8.47. The second-order valence-corrected chi connectivity index (χ2v) is 3.13. The number of aryl methyl sites for hydroxylation is 1. The summed E-state index contributed by atoms with van der Waals surface area (Å²) >= 11 is 0. The van der Waals surface area contributed by atoms with E-state index in [0.717, 1.165) is 11.4 Å². The van der Waals surface area contributed by atoms with Crippen molar-refractivity contribution in [3.63, 3.8) is 0 Å². The number of hydrogen-bond acceptors (Lipinski definition) is 4. The maximum Gasteiger partial charge on any atom is 0.183 e. The van der Waals surface area contributed by atoms with Crippen LogP contribution >= 0.6 is 0 Å². The van der Waals surface area contributed by atoms with Gasteiger partial charge in [-0.25, -0.2) is 15.0 Å². The lowest BCUT2D eigenvalue weighted by Crippen LogP contribution is -2.03. The van der Waals surface area contributed by atoms with Crippen LogP contribution in [0.2, 0.25) is 0 Å². The predicted octanol–water partition coefficient (Wildman–Crippen LogP) is 1.15. The molecule has 0 bridgehead atoms. The summed E-state index contributed by atoms with van der Waals surface area (Å²) in [7, 11) is 0. The Morgan fingerprint density at radius 3 is 2.53 bits per heavy atom. The van der Waals surface area contributed by atoms with Crippen molar-refractivity contribution in [2.75, 3.05) is 0 Å². The molecule has 0 atom stereocenters. The Bertz CT molecular complexity index is 535. The number of nitriles is 1. The van der Waals surface area contributed by atoms with Gasteiger partial charge in [-0.05, 0) is 13.8 Å². The van der Waals surface area contributed by atoms with Crippen molar-refractivity contribution < 1.29 is 0 Å². The van der Waals surface area contributed by atoms with Crippen LogP contribution in [0.25, 0.3) is 5.82 Å². The lowest BCUT2D eigenvalue weighted by atomic mass is 10.3. The highest BCUT2D eigenvalue weighted by Gasteiger charge is 2.10. The van der Waals surface area contributed by atoms with Gasteiger partial charge in [-0.1, -0.05) is 0 Å². The zero-order valence-corrected chi connectivity index (χ0v) is 8.47. The summed E-state index contributed by atoms with van der Waals surface area (Å²) in [5.74, 6) is 0.526. The average molecular weight is 199 g/mol. The van der Waals surface area contributed by atoms with Gasteiger partial charge in [0.2, 0.25) is 0 Å². The molecule has 0 aromatic carbocycles. The van der Waals surface area contributed by atoms with E-state index in [-0.39, 0.29) is 0 Å². The molecular formula is C10H9N5. The summed E-state index contributed by atoms with van der Waals surface area (Å²) in [5.41, 5.74) is 2.19. The molecule has 0 aliphatic heterocycles. The van der Waals surface area contributed by atoms with Gasteiger partial charge in [-0.2, -0.15) is 5.26 Å². The Hall–Kier alpha value is -2.22. The minimum absolute atomic E-state index is 0.304. The third-order valence-corrected chi connectivity index (χ3v) is 2.26. The van der Waals surface area contributed by atoms with E-state index in [2.05, 4.69) is 15.0 Å². The first-order valence-electron chi connectivity index (χ1n) is 4.46. The molecule has 0 spiro atoms. The number of nitrogens with zero attached hydrogens (tertiary/aromatic N) is 5. The molecule has 5 heteroatoms.